The van der Waals surface area contributed by atoms with Crippen LogP contribution in [0, 0.1) is 0 Å². The third-order valence-corrected chi connectivity index (χ3v) is 4.65. The second-order valence-corrected chi connectivity index (χ2v) is 7.35. The van der Waals surface area contributed by atoms with E-state index in [-0.39, 0.29) is 16.6 Å². The fourth-order valence-electron chi connectivity index (χ4n) is 1.95. The zero-order valence-electron chi connectivity index (χ0n) is 14.3. The number of carbonyl (C=O) groups is 1. The van der Waals surface area contributed by atoms with Gasteiger partial charge in [-0.1, -0.05) is 6.92 Å². The number of aromatic carboxylic acids is 1. The van der Waals surface area contributed by atoms with Gasteiger partial charge < -0.3 is 15.2 Å². The minimum Gasteiger partial charge on any atom is -0.478 e. The Morgan fingerprint density at radius 3 is 2.58 bits per heavy atom. The van der Waals surface area contributed by atoms with E-state index in [1.54, 1.807) is 0 Å². The van der Waals surface area contributed by atoms with E-state index in [0.717, 1.165) is 0 Å². The van der Waals surface area contributed by atoms with E-state index in [2.05, 4.69) is 10.0 Å². The Morgan fingerprint density at radius 1 is 1.29 bits per heavy atom. The largest absolute Gasteiger partial charge is 0.478 e. The number of ether oxygens (including phenoxy) is 1. The molecule has 136 valence electrons. The lowest BCUT2D eigenvalue weighted by Gasteiger charge is -2.14. The number of hydrogen-bond donors (Lipinski definition) is 3. The average molecular weight is 358 g/mol. The number of rotatable bonds is 11. The van der Waals surface area contributed by atoms with Crippen LogP contribution in [0.3, 0.4) is 0 Å². The summed E-state index contributed by atoms with van der Waals surface area (Å²) in [5.41, 5.74) is 0.314. The molecule has 24 heavy (non-hydrogen) atoms. The number of carboxylic acids is 1. The Kier molecular flexibility index (Phi) is 8.17. The van der Waals surface area contributed by atoms with Crippen LogP contribution in [0.4, 0.5) is 5.69 Å². The Morgan fingerprint density at radius 2 is 2.00 bits per heavy atom. The Labute approximate surface area is 143 Å². The number of hydrogen-bond acceptors (Lipinski definition) is 5. The molecule has 0 heterocycles. The maximum atomic E-state index is 12.4. The van der Waals surface area contributed by atoms with Crippen LogP contribution in [0.5, 0.6) is 0 Å². The normalized spacial score (nSPS) is 11.7. The molecule has 0 bridgehead atoms. The molecule has 0 amide bonds. The Bertz CT molecular complexity index is 644. The molecule has 3 N–H and O–H groups in total. The van der Waals surface area contributed by atoms with Crippen LogP contribution in [-0.4, -0.2) is 45.3 Å². The van der Waals surface area contributed by atoms with Gasteiger partial charge in [-0.3, -0.25) is 0 Å². The van der Waals surface area contributed by atoms with E-state index >= 15 is 0 Å². The molecule has 7 nitrogen and oxygen atoms in total. The first-order valence-electron chi connectivity index (χ1n) is 8.00. The molecule has 1 aromatic rings. The van der Waals surface area contributed by atoms with Crippen molar-refractivity contribution in [2.24, 2.45) is 0 Å². The number of sulfonamides is 1. The van der Waals surface area contributed by atoms with Crippen molar-refractivity contribution in [2.45, 2.75) is 44.6 Å². The van der Waals surface area contributed by atoms with Crippen LogP contribution in [0.2, 0.25) is 0 Å². The lowest BCUT2D eigenvalue weighted by molar-refractivity contribution is 0.0696. The summed E-state index contributed by atoms with van der Waals surface area (Å²) in [7, 11) is -3.77. The number of carboxylic acid groups (broad SMARTS) is 1. The summed E-state index contributed by atoms with van der Waals surface area (Å²) >= 11 is 0. The topological polar surface area (TPSA) is 105 Å². The third-order valence-electron chi connectivity index (χ3n) is 3.15. The smallest absolute Gasteiger partial charge is 0.335 e. The summed E-state index contributed by atoms with van der Waals surface area (Å²) < 4.78 is 32.7. The minimum atomic E-state index is -3.77. The number of anilines is 1. The third kappa shape index (κ3) is 6.46. The predicted octanol–water partition coefficient (Wildman–Crippen LogP) is 2.30. The van der Waals surface area contributed by atoms with Gasteiger partial charge in [-0.05, 0) is 44.9 Å². The van der Waals surface area contributed by atoms with Gasteiger partial charge in [0, 0.05) is 19.7 Å². The van der Waals surface area contributed by atoms with Gasteiger partial charge >= 0.3 is 5.97 Å². The van der Waals surface area contributed by atoms with Crippen molar-refractivity contribution in [3.63, 3.8) is 0 Å². The lowest BCUT2D eigenvalue weighted by Crippen LogP contribution is -2.26. The van der Waals surface area contributed by atoms with Crippen molar-refractivity contribution < 1.29 is 23.1 Å². The fraction of sp³-hybridized carbons (Fsp3) is 0.562. The van der Waals surface area contributed by atoms with Crippen LogP contribution in [0.1, 0.15) is 44.0 Å². The zero-order chi connectivity index (χ0) is 18.2. The average Bonchev–Trinajstić information content (AvgIpc) is 2.52. The maximum Gasteiger partial charge on any atom is 0.335 e. The van der Waals surface area contributed by atoms with E-state index in [1.807, 2.05) is 20.8 Å². The SMILES string of the molecule is CCCNS(=O)(=O)c1cc(C(=O)O)ccc1NCCCOC(C)C. The summed E-state index contributed by atoms with van der Waals surface area (Å²) in [4.78, 5) is 11.1. The van der Waals surface area contributed by atoms with Crippen LogP contribution >= 0.6 is 0 Å². The highest BCUT2D eigenvalue weighted by atomic mass is 32.2. The highest BCUT2D eigenvalue weighted by Gasteiger charge is 2.20. The van der Waals surface area contributed by atoms with Crippen LogP contribution in [0.25, 0.3) is 0 Å². The molecule has 0 spiro atoms. The second-order valence-electron chi connectivity index (χ2n) is 5.61. The molecule has 0 radical (unpaired) electrons. The first-order valence-corrected chi connectivity index (χ1v) is 9.48. The van der Waals surface area contributed by atoms with Crippen molar-refractivity contribution in [1.29, 1.82) is 0 Å². The number of nitrogens with one attached hydrogen (secondary N) is 2. The molecular formula is C16H26N2O5S. The molecule has 1 aromatic carbocycles. The zero-order valence-corrected chi connectivity index (χ0v) is 15.1. The molecule has 8 heteroatoms. The van der Waals surface area contributed by atoms with Crippen LogP contribution in [0.15, 0.2) is 23.1 Å². The predicted molar refractivity (Wildman–Crippen MR) is 93.1 cm³/mol. The van der Waals surface area contributed by atoms with Crippen molar-refractivity contribution in [2.75, 3.05) is 25.0 Å². The highest BCUT2D eigenvalue weighted by molar-refractivity contribution is 7.89. The number of benzene rings is 1. The molecule has 0 saturated carbocycles. The van der Waals surface area contributed by atoms with E-state index in [1.165, 1.54) is 18.2 Å². The van der Waals surface area contributed by atoms with Crippen molar-refractivity contribution in [3.05, 3.63) is 23.8 Å². The van der Waals surface area contributed by atoms with E-state index in [0.29, 0.717) is 38.2 Å². The fourth-order valence-corrected chi connectivity index (χ4v) is 3.29. The van der Waals surface area contributed by atoms with Gasteiger partial charge in [-0.15, -0.1) is 0 Å². The molecule has 0 unspecified atom stereocenters. The van der Waals surface area contributed by atoms with Gasteiger partial charge in [0.15, 0.2) is 0 Å². The molecule has 1 rings (SSSR count). The summed E-state index contributed by atoms with van der Waals surface area (Å²) in [5.74, 6) is -1.17. The first kappa shape index (κ1) is 20.4. The summed E-state index contributed by atoms with van der Waals surface area (Å²) in [6, 6.07) is 4.04. The van der Waals surface area contributed by atoms with Gasteiger partial charge in [-0.2, -0.15) is 0 Å². The van der Waals surface area contributed by atoms with Gasteiger partial charge in [0.2, 0.25) is 10.0 Å². The van der Waals surface area contributed by atoms with E-state index in [4.69, 9.17) is 9.84 Å². The van der Waals surface area contributed by atoms with Gasteiger partial charge in [-0.25, -0.2) is 17.9 Å². The molecule has 0 aliphatic rings. The molecule has 0 saturated heterocycles. The Hall–Kier alpha value is -1.64. The molecule has 0 aliphatic carbocycles. The Balaban J connectivity index is 2.92. The van der Waals surface area contributed by atoms with Crippen molar-refractivity contribution in [1.82, 2.24) is 4.72 Å². The summed E-state index contributed by atoms with van der Waals surface area (Å²) in [5, 5.41) is 12.1. The molecule has 0 atom stereocenters. The molecular weight excluding hydrogens is 332 g/mol. The quantitative estimate of drug-likeness (QED) is 0.524. The molecule has 0 aliphatic heterocycles. The van der Waals surface area contributed by atoms with E-state index in [9.17, 15) is 13.2 Å². The maximum absolute atomic E-state index is 12.4. The highest BCUT2D eigenvalue weighted by Crippen LogP contribution is 2.23. The summed E-state index contributed by atoms with van der Waals surface area (Å²) in [6.45, 7) is 7.12. The molecule has 0 aromatic heterocycles. The van der Waals surface area contributed by atoms with Crippen LogP contribution < -0.4 is 10.0 Å². The van der Waals surface area contributed by atoms with Crippen LogP contribution in [-0.2, 0) is 14.8 Å². The van der Waals surface area contributed by atoms with Crippen molar-refractivity contribution >= 4 is 21.7 Å². The minimum absolute atomic E-state index is 0.0550. The van der Waals surface area contributed by atoms with Crippen molar-refractivity contribution in [3.8, 4) is 0 Å². The first-order chi connectivity index (χ1) is 11.3. The lowest BCUT2D eigenvalue weighted by atomic mass is 10.2. The van der Waals surface area contributed by atoms with E-state index < -0.39 is 16.0 Å². The standard InChI is InChI=1S/C16H26N2O5S/c1-4-8-18-24(21,22)15-11-13(16(19)20)6-7-14(15)17-9-5-10-23-12(2)3/h6-7,11-12,17-18H,4-5,8-10H2,1-3H3,(H,19,20). The van der Waals surface area contributed by atoms with Gasteiger partial charge in [0.1, 0.15) is 4.90 Å². The monoisotopic (exact) mass is 358 g/mol. The van der Waals surface area contributed by atoms with Gasteiger partial charge in [0.05, 0.1) is 17.4 Å². The molecule has 0 fully saturated rings. The summed E-state index contributed by atoms with van der Waals surface area (Å²) in [6.07, 6.45) is 1.50. The second kappa shape index (κ2) is 9.61. The van der Waals surface area contributed by atoms with Gasteiger partial charge in [0.25, 0.3) is 0 Å².